The molecule has 3 N–H and O–H groups in total. The first-order valence-electron chi connectivity index (χ1n) is 5.42. The summed E-state index contributed by atoms with van der Waals surface area (Å²) in [6.07, 6.45) is 1.45. The van der Waals surface area contributed by atoms with E-state index in [9.17, 15) is 4.79 Å². The second-order valence-corrected chi connectivity index (χ2v) is 3.69. The first kappa shape index (κ1) is 12.6. The molecule has 0 radical (unpaired) electrons. The number of nitrogen functional groups attached to an aromatic ring is 1. The molecule has 0 atom stereocenters. The minimum absolute atomic E-state index is 0.0690. The molecule has 98 valence electrons. The van der Waals surface area contributed by atoms with Crippen LogP contribution in [0.5, 0.6) is 0 Å². The molecule has 0 aromatic carbocycles. The van der Waals surface area contributed by atoms with Gasteiger partial charge in [0.1, 0.15) is 6.54 Å². The maximum Gasteiger partial charge on any atom is 0.261 e. The number of hydrazone groups is 1. The molecule has 1 amide bonds. The lowest BCUT2D eigenvalue weighted by molar-refractivity contribution is -0.121. The van der Waals surface area contributed by atoms with E-state index in [1.165, 1.54) is 6.21 Å². The fraction of sp³-hybridized carbons (Fsp3) is 0.200. The fourth-order valence-corrected chi connectivity index (χ4v) is 1.30. The summed E-state index contributed by atoms with van der Waals surface area (Å²) in [5, 5.41) is 14.1. The van der Waals surface area contributed by atoms with Crippen LogP contribution in [-0.2, 0) is 11.3 Å². The van der Waals surface area contributed by atoms with Gasteiger partial charge in [-0.1, -0.05) is 11.2 Å². The molecular weight excluding hydrogens is 248 g/mol. The molecule has 9 heteroatoms. The van der Waals surface area contributed by atoms with Gasteiger partial charge in [-0.05, 0) is 29.5 Å². The van der Waals surface area contributed by atoms with E-state index in [-0.39, 0.29) is 18.4 Å². The molecule has 0 bridgehead atoms. The third-order valence-corrected chi connectivity index (χ3v) is 2.15. The van der Waals surface area contributed by atoms with Crippen LogP contribution in [0.1, 0.15) is 11.4 Å². The summed E-state index contributed by atoms with van der Waals surface area (Å²) in [5.41, 5.74) is 9.29. The third-order valence-electron chi connectivity index (χ3n) is 2.15. The normalized spacial score (nSPS) is 10.8. The van der Waals surface area contributed by atoms with Crippen molar-refractivity contribution in [2.75, 3.05) is 5.73 Å². The summed E-state index contributed by atoms with van der Waals surface area (Å²) in [7, 11) is 0. The first-order chi connectivity index (χ1) is 9.15. The van der Waals surface area contributed by atoms with Crippen molar-refractivity contribution in [2.45, 2.75) is 13.5 Å². The summed E-state index contributed by atoms with van der Waals surface area (Å²) in [5.74, 6) is -0.317. The average molecular weight is 260 g/mol. The molecule has 0 spiro atoms. The standard InChI is InChI=1S/C10H12N8O/c1-7-3-2-4-8(13-7)5-12-14-9(19)6-18-10(11)15-16-17-18/h2-5H,6H2,1H3,(H,14,19)(H2,11,15,17)/b12-5-. The zero-order valence-electron chi connectivity index (χ0n) is 10.2. The predicted octanol–water partition coefficient (Wildman–Crippen LogP) is -0.891. The van der Waals surface area contributed by atoms with E-state index >= 15 is 0 Å². The smallest absolute Gasteiger partial charge is 0.261 e. The van der Waals surface area contributed by atoms with Gasteiger partial charge in [0.2, 0.25) is 5.95 Å². The highest BCUT2D eigenvalue weighted by molar-refractivity contribution is 5.80. The van der Waals surface area contributed by atoms with Gasteiger partial charge in [-0.25, -0.2) is 10.1 Å². The van der Waals surface area contributed by atoms with E-state index < -0.39 is 0 Å². The van der Waals surface area contributed by atoms with Gasteiger partial charge >= 0.3 is 0 Å². The van der Waals surface area contributed by atoms with Gasteiger partial charge in [-0.2, -0.15) is 5.10 Å². The predicted molar refractivity (Wildman–Crippen MR) is 66.9 cm³/mol. The van der Waals surface area contributed by atoms with Crippen molar-refractivity contribution >= 4 is 18.1 Å². The topological polar surface area (TPSA) is 124 Å². The monoisotopic (exact) mass is 260 g/mol. The summed E-state index contributed by atoms with van der Waals surface area (Å²) < 4.78 is 1.16. The van der Waals surface area contributed by atoms with Crippen LogP contribution in [-0.4, -0.2) is 37.3 Å². The van der Waals surface area contributed by atoms with Gasteiger partial charge < -0.3 is 5.73 Å². The average Bonchev–Trinajstić information content (AvgIpc) is 2.75. The summed E-state index contributed by atoms with van der Waals surface area (Å²) >= 11 is 0. The van der Waals surface area contributed by atoms with Crippen LogP contribution < -0.4 is 11.2 Å². The Labute approximate surface area is 108 Å². The zero-order chi connectivity index (χ0) is 13.7. The Kier molecular flexibility index (Phi) is 3.76. The maximum atomic E-state index is 11.5. The molecule has 0 fully saturated rings. The molecule has 2 aromatic rings. The van der Waals surface area contributed by atoms with Gasteiger partial charge in [0, 0.05) is 5.69 Å². The van der Waals surface area contributed by atoms with Gasteiger partial charge in [-0.3, -0.25) is 9.78 Å². The Balaban J connectivity index is 1.88. The fourth-order valence-electron chi connectivity index (χ4n) is 1.30. The molecule has 2 aromatic heterocycles. The molecule has 0 unspecified atom stereocenters. The minimum Gasteiger partial charge on any atom is -0.367 e. The number of aromatic nitrogens is 5. The second kappa shape index (κ2) is 5.67. The highest BCUT2D eigenvalue weighted by Gasteiger charge is 2.06. The van der Waals surface area contributed by atoms with Gasteiger partial charge in [0.15, 0.2) is 0 Å². The largest absolute Gasteiger partial charge is 0.367 e. The van der Waals surface area contributed by atoms with Crippen LogP contribution in [0.4, 0.5) is 5.95 Å². The second-order valence-electron chi connectivity index (χ2n) is 3.69. The SMILES string of the molecule is Cc1cccc(/C=N\NC(=O)Cn2nnnc2N)n1. The lowest BCUT2D eigenvalue weighted by Crippen LogP contribution is -2.24. The quantitative estimate of drug-likeness (QED) is 0.542. The summed E-state index contributed by atoms with van der Waals surface area (Å²) in [6.45, 7) is 1.77. The lowest BCUT2D eigenvalue weighted by Gasteiger charge is -2.00. The van der Waals surface area contributed by atoms with Crippen molar-refractivity contribution in [1.82, 2.24) is 30.6 Å². The number of carbonyl (C=O) groups is 1. The number of hydrogen-bond acceptors (Lipinski definition) is 7. The molecular formula is C10H12N8O. The molecule has 0 aliphatic heterocycles. The van der Waals surface area contributed by atoms with E-state index in [0.717, 1.165) is 10.4 Å². The number of rotatable bonds is 4. The maximum absolute atomic E-state index is 11.5. The minimum atomic E-state index is -0.386. The number of amides is 1. The number of hydrogen-bond donors (Lipinski definition) is 2. The van der Waals surface area contributed by atoms with Crippen molar-refractivity contribution in [3.63, 3.8) is 0 Å². The lowest BCUT2D eigenvalue weighted by atomic mass is 10.3. The Bertz CT molecular complexity index is 605. The van der Waals surface area contributed by atoms with E-state index in [1.807, 2.05) is 19.1 Å². The van der Waals surface area contributed by atoms with Gasteiger partial charge in [-0.15, -0.1) is 0 Å². The van der Waals surface area contributed by atoms with E-state index in [4.69, 9.17) is 5.73 Å². The Hall–Kier alpha value is -2.84. The Morgan fingerprint density at radius 1 is 1.58 bits per heavy atom. The van der Waals surface area contributed by atoms with Crippen molar-refractivity contribution in [2.24, 2.45) is 5.10 Å². The van der Waals surface area contributed by atoms with Crippen LogP contribution in [0.3, 0.4) is 0 Å². The first-order valence-corrected chi connectivity index (χ1v) is 5.42. The van der Waals surface area contributed by atoms with E-state index in [2.05, 4.69) is 31.0 Å². The van der Waals surface area contributed by atoms with Crippen molar-refractivity contribution < 1.29 is 4.79 Å². The number of carbonyl (C=O) groups excluding carboxylic acids is 1. The molecule has 0 saturated carbocycles. The van der Waals surface area contributed by atoms with Crippen LogP contribution in [0, 0.1) is 6.92 Å². The Morgan fingerprint density at radius 3 is 3.11 bits per heavy atom. The van der Waals surface area contributed by atoms with Gasteiger partial charge in [0.05, 0.1) is 11.9 Å². The number of nitrogens with zero attached hydrogens (tertiary/aromatic N) is 6. The number of nitrogens with two attached hydrogens (primary N) is 1. The molecule has 2 rings (SSSR count). The van der Waals surface area contributed by atoms with Crippen LogP contribution in [0.25, 0.3) is 0 Å². The van der Waals surface area contributed by atoms with Crippen LogP contribution >= 0.6 is 0 Å². The number of anilines is 1. The molecule has 0 aliphatic rings. The zero-order valence-corrected chi connectivity index (χ0v) is 10.2. The van der Waals surface area contributed by atoms with Crippen molar-refractivity contribution in [3.8, 4) is 0 Å². The molecule has 0 aliphatic carbocycles. The molecule has 0 saturated heterocycles. The van der Waals surface area contributed by atoms with Crippen molar-refractivity contribution in [1.29, 1.82) is 0 Å². The number of pyridine rings is 1. The summed E-state index contributed by atoms with van der Waals surface area (Å²) in [4.78, 5) is 15.7. The summed E-state index contributed by atoms with van der Waals surface area (Å²) in [6, 6.07) is 5.51. The molecule has 19 heavy (non-hydrogen) atoms. The highest BCUT2D eigenvalue weighted by Crippen LogP contribution is 1.94. The van der Waals surface area contributed by atoms with Crippen LogP contribution in [0.2, 0.25) is 0 Å². The van der Waals surface area contributed by atoms with Crippen molar-refractivity contribution in [3.05, 3.63) is 29.6 Å². The number of tetrazole rings is 1. The number of nitrogens with one attached hydrogen (secondary N) is 1. The Morgan fingerprint density at radius 2 is 2.42 bits per heavy atom. The third kappa shape index (κ3) is 3.56. The number of aryl methyl sites for hydroxylation is 1. The molecule has 2 heterocycles. The molecule has 9 nitrogen and oxygen atoms in total. The van der Waals surface area contributed by atoms with Crippen LogP contribution in [0.15, 0.2) is 23.3 Å². The highest BCUT2D eigenvalue weighted by atomic mass is 16.2. The van der Waals surface area contributed by atoms with E-state index in [1.54, 1.807) is 6.07 Å². The van der Waals surface area contributed by atoms with E-state index in [0.29, 0.717) is 5.69 Å². The van der Waals surface area contributed by atoms with Gasteiger partial charge in [0.25, 0.3) is 5.91 Å².